The molecule has 0 amide bonds. The lowest BCUT2D eigenvalue weighted by atomic mass is 9.49. The molecule has 0 radical (unpaired) electrons. The molecule has 2 aliphatic rings. The fourth-order valence-electron chi connectivity index (χ4n) is 4.57. The summed E-state index contributed by atoms with van der Waals surface area (Å²) in [6.07, 6.45) is 4.76. The van der Waals surface area contributed by atoms with Crippen molar-refractivity contribution in [2.75, 3.05) is 0 Å². The number of fused-ring (bicyclic) bond motifs is 1. The fourth-order valence-corrected chi connectivity index (χ4v) is 4.57. The van der Waals surface area contributed by atoms with E-state index in [1.54, 1.807) is 0 Å². The number of allylic oxidation sites excluding steroid dienone is 1. The Labute approximate surface area is 151 Å². The fraction of sp³-hybridized carbons (Fsp3) is 0.762. The van der Waals surface area contributed by atoms with Gasteiger partial charge in [-0.25, -0.2) is 0 Å². The maximum absolute atomic E-state index is 12.9. The zero-order chi connectivity index (χ0) is 18.8. The maximum Gasteiger partial charge on any atom is 0.302 e. The van der Waals surface area contributed by atoms with Crippen molar-refractivity contribution in [2.45, 2.75) is 78.7 Å². The Morgan fingerprint density at radius 2 is 2.00 bits per heavy atom. The first-order valence-electron chi connectivity index (χ1n) is 9.56. The number of esters is 1. The van der Waals surface area contributed by atoms with Crippen LogP contribution in [0.5, 0.6) is 0 Å². The zero-order valence-electron chi connectivity index (χ0n) is 16.1. The van der Waals surface area contributed by atoms with Crippen LogP contribution in [0.3, 0.4) is 0 Å². The Kier molecular flexibility index (Phi) is 6.23. The van der Waals surface area contributed by atoms with Crippen molar-refractivity contribution in [2.24, 2.45) is 23.2 Å². The van der Waals surface area contributed by atoms with Crippen molar-refractivity contribution >= 4 is 17.5 Å². The highest BCUT2D eigenvalue weighted by Crippen LogP contribution is 2.58. The molecule has 0 aromatic carbocycles. The van der Waals surface area contributed by atoms with Gasteiger partial charge in [0.1, 0.15) is 11.6 Å². The lowest BCUT2D eigenvalue weighted by molar-refractivity contribution is -0.149. The van der Waals surface area contributed by atoms with Crippen molar-refractivity contribution < 1.29 is 19.1 Å². The molecule has 0 spiro atoms. The molecule has 2 fully saturated rings. The Morgan fingerprint density at radius 1 is 1.32 bits per heavy atom. The standard InChI is InChI=1S/C21H32O4/c1-13-7-10-19(23)14(2)6-9-18-17(13)12-21(18,5)20(24)11-8-15(3)25-16(4)22/h14-15,17-18H,1,6-12H2,2-5H3. The highest BCUT2D eigenvalue weighted by Gasteiger charge is 2.54. The molecule has 0 aromatic rings. The van der Waals surface area contributed by atoms with Crippen LogP contribution in [-0.4, -0.2) is 23.6 Å². The van der Waals surface area contributed by atoms with E-state index in [1.165, 1.54) is 6.92 Å². The van der Waals surface area contributed by atoms with E-state index < -0.39 is 0 Å². The van der Waals surface area contributed by atoms with Crippen LogP contribution in [0.25, 0.3) is 0 Å². The van der Waals surface area contributed by atoms with Crippen LogP contribution in [0.2, 0.25) is 0 Å². The number of hydrogen-bond acceptors (Lipinski definition) is 4. The van der Waals surface area contributed by atoms with Crippen molar-refractivity contribution in [1.29, 1.82) is 0 Å². The Bertz CT molecular complexity index is 564. The van der Waals surface area contributed by atoms with Gasteiger partial charge in [0.15, 0.2) is 0 Å². The van der Waals surface area contributed by atoms with Gasteiger partial charge < -0.3 is 4.74 Å². The van der Waals surface area contributed by atoms with Gasteiger partial charge in [-0.2, -0.15) is 0 Å². The van der Waals surface area contributed by atoms with E-state index in [0.29, 0.717) is 36.9 Å². The molecule has 4 nitrogen and oxygen atoms in total. The summed E-state index contributed by atoms with van der Waals surface area (Å²) in [7, 11) is 0. The number of ketones is 2. The molecule has 0 aliphatic heterocycles. The maximum atomic E-state index is 12.9. The zero-order valence-corrected chi connectivity index (χ0v) is 16.1. The number of carbonyl (C=O) groups excluding carboxylic acids is 3. The van der Waals surface area contributed by atoms with Crippen LogP contribution in [0.1, 0.15) is 72.6 Å². The van der Waals surface area contributed by atoms with Gasteiger partial charge in [-0.05, 0) is 50.9 Å². The summed E-state index contributed by atoms with van der Waals surface area (Å²) in [5.74, 6) is 1.03. The molecule has 5 unspecified atom stereocenters. The number of carbonyl (C=O) groups is 3. The predicted octanol–water partition coefficient (Wildman–Crippen LogP) is 4.27. The van der Waals surface area contributed by atoms with Gasteiger partial charge in [0.05, 0.1) is 6.10 Å². The molecule has 0 heterocycles. The first-order valence-corrected chi connectivity index (χ1v) is 9.56. The molecule has 2 saturated carbocycles. The SMILES string of the molecule is C=C1CCC(=O)C(C)CCC2C1CC2(C)C(=O)CCC(C)OC(C)=O. The minimum atomic E-state index is -0.323. The molecule has 0 aromatic heterocycles. The van der Waals surface area contributed by atoms with E-state index in [4.69, 9.17) is 4.74 Å². The third kappa shape index (κ3) is 4.39. The van der Waals surface area contributed by atoms with Gasteiger partial charge in [-0.1, -0.05) is 26.0 Å². The summed E-state index contributed by atoms with van der Waals surface area (Å²) in [5, 5.41) is 0. The lowest BCUT2D eigenvalue weighted by Crippen LogP contribution is -2.51. The van der Waals surface area contributed by atoms with Crippen molar-refractivity contribution in [3.05, 3.63) is 12.2 Å². The Balaban J connectivity index is 2.01. The second-order valence-electron chi connectivity index (χ2n) is 8.32. The van der Waals surface area contributed by atoms with Gasteiger partial charge in [0.2, 0.25) is 0 Å². The normalized spacial score (nSPS) is 34.0. The monoisotopic (exact) mass is 348 g/mol. The van der Waals surface area contributed by atoms with E-state index in [-0.39, 0.29) is 29.2 Å². The molecule has 0 bridgehead atoms. The van der Waals surface area contributed by atoms with Gasteiger partial charge in [-0.3, -0.25) is 14.4 Å². The van der Waals surface area contributed by atoms with E-state index in [0.717, 1.165) is 31.3 Å². The van der Waals surface area contributed by atoms with E-state index in [1.807, 2.05) is 13.8 Å². The number of rotatable bonds is 5. The average molecular weight is 348 g/mol. The van der Waals surface area contributed by atoms with Crippen LogP contribution in [0, 0.1) is 23.2 Å². The quantitative estimate of drug-likeness (QED) is 0.550. The molecular weight excluding hydrogens is 316 g/mol. The molecule has 4 heteroatoms. The molecule has 5 atom stereocenters. The summed E-state index contributed by atoms with van der Waals surface area (Å²) in [5.41, 5.74) is 0.822. The molecule has 0 N–H and O–H groups in total. The molecule has 2 rings (SSSR count). The topological polar surface area (TPSA) is 60.4 Å². The van der Waals surface area contributed by atoms with Crippen LogP contribution in [0.15, 0.2) is 12.2 Å². The smallest absolute Gasteiger partial charge is 0.302 e. The Hall–Kier alpha value is -1.45. The first kappa shape index (κ1) is 19.9. The van der Waals surface area contributed by atoms with Gasteiger partial charge in [-0.15, -0.1) is 0 Å². The lowest BCUT2D eigenvalue weighted by Gasteiger charge is -2.53. The van der Waals surface area contributed by atoms with Crippen molar-refractivity contribution in [3.8, 4) is 0 Å². The molecule has 25 heavy (non-hydrogen) atoms. The van der Waals surface area contributed by atoms with Crippen LogP contribution in [0.4, 0.5) is 0 Å². The second-order valence-corrected chi connectivity index (χ2v) is 8.32. The third-order valence-electron chi connectivity index (χ3n) is 6.41. The summed E-state index contributed by atoms with van der Waals surface area (Å²) < 4.78 is 5.12. The van der Waals surface area contributed by atoms with Crippen LogP contribution in [-0.2, 0) is 19.1 Å². The van der Waals surface area contributed by atoms with Gasteiger partial charge in [0.25, 0.3) is 0 Å². The molecule has 2 aliphatic carbocycles. The molecule has 0 saturated heterocycles. The third-order valence-corrected chi connectivity index (χ3v) is 6.41. The van der Waals surface area contributed by atoms with Crippen LogP contribution < -0.4 is 0 Å². The number of hydrogen-bond donors (Lipinski definition) is 0. The highest BCUT2D eigenvalue weighted by molar-refractivity contribution is 5.86. The average Bonchev–Trinajstić information content (AvgIpc) is 2.56. The second kappa shape index (κ2) is 7.84. The Morgan fingerprint density at radius 3 is 2.64 bits per heavy atom. The first-order chi connectivity index (χ1) is 11.6. The summed E-state index contributed by atoms with van der Waals surface area (Å²) in [4.78, 5) is 36.0. The van der Waals surface area contributed by atoms with E-state index in [2.05, 4.69) is 13.5 Å². The van der Waals surface area contributed by atoms with Crippen molar-refractivity contribution in [3.63, 3.8) is 0 Å². The number of Topliss-reactive ketones (excluding diaryl/α,β-unsaturated/α-hetero) is 2. The minimum Gasteiger partial charge on any atom is -0.463 e. The number of ether oxygens (including phenoxy) is 1. The van der Waals surface area contributed by atoms with Gasteiger partial charge >= 0.3 is 5.97 Å². The summed E-state index contributed by atoms with van der Waals surface area (Å²) in [6.45, 7) is 11.5. The van der Waals surface area contributed by atoms with Crippen LogP contribution >= 0.6 is 0 Å². The van der Waals surface area contributed by atoms with E-state index in [9.17, 15) is 14.4 Å². The van der Waals surface area contributed by atoms with Crippen molar-refractivity contribution in [1.82, 2.24) is 0 Å². The van der Waals surface area contributed by atoms with E-state index >= 15 is 0 Å². The highest BCUT2D eigenvalue weighted by atomic mass is 16.5. The summed E-state index contributed by atoms with van der Waals surface area (Å²) in [6, 6.07) is 0. The van der Waals surface area contributed by atoms with Gasteiger partial charge in [0, 0.05) is 31.1 Å². The predicted molar refractivity (Wildman–Crippen MR) is 97.0 cm³/mol. The largest absolute Gasteiger partial charge is 0.463 e. The summed E-state index contributed by atoms with van der Waals surface area (Å²) >= 11 is 0. The molecular formula is C21H32O4. The minimum absolute atomic E-state index is 0.0792. The molecule has 140 valence electrons.